The lowest BCUT2D eigenvalue weighted by Gasteiger charge is -2.67. The molecule has 4 aliphatic carbocycles. The molecule has 9 nitrogen and oxygen atoms in total. The van der Waals surface area contributed by atoms with E-state index in [-0.39, 0.29) is 42.4 Å². The van der Waals surface area contributed by atoms with Gasteiger partial charge in [-0.2, -0.15) is 0 Å². The highest BCUT2D eigenvalue weighted by molar-refractivity contribution is 5.83. The van der Waals surface area contributed by atoms with Crippen molar-refractivity contribution in [2.45, 2.75) is 120 Å². The molecule has 0 aromatic carbocycles. The fourth-order valence-electron chi connectivity index (χ4n) is 9.95. The van der Waals surface area contributed by atoms with Gasteiger partial charge in [-0.3, -0.25) is 0 Å². The maximum atomic E-state index is 12.4. The number of fused-ring (bicyclic) bond motifs is 6. The van der Waals surface area contributed by atoms with Crippen molar-refractivity contribution in [3.63, 3.8) is 0 Å². The predicted octanol–water partition coefficient (Wildman–Crippen LogP) is 1.57. The van der Waals surface area contributed by atoms with E-state index >= 15 is 0 Å². The molecule has 0 aromatic rings. The van der Waals surface area contributed by atoms with Crippen LogP contribution in [0.5, 0.6) is 0 Å². The summed E-state index contributed by atoms with van der Waals surface area (Å²) in [7, 11) is 0. The average Bonchev–Trinajstić information content (AvgIpc) is 3.11. The van der Waals surface area contributed by atoms with Crippen molar-refractivity contribution in [3.05, 3.63) is 12.2 Å². The number of rotatable bonds is 3. The van der Waals surface area contributed by atoms with Gasteiger partial charge in [0.2, 0.25) is 0 Å². The molecule has 12 unspecified atom stereocenters. The molecule has 214 valence electrons. The number of cyclic esters (lactones) is 1. The van der Waals surface area contributed by atoms with Crippen LogP contribution in [0.2, 0.25) is 0 Å². The first-order valence-electron chi connectivity index (χ1n) is 14.5. The highest BCUT2D eigenvalue weighted by atomic mass is 16.7. The maximum Gasteiger partial charge on any atom is 0.330 e. The highest BCUT2D eigenvalue weighted by Crippen LogP contribution is 2.73. The lowest BCUT2D eigenvalue weighted by molar-refractivity contribution is -0.299. The van der Waals surface area contributed by atoms with E-state index in [4.69, 9.17) is 14.2 Å². The van der Waals surface area contributed by atoms with Gasteiger partial charge in [0.25, 0.3) is 0 Å². The molecule has 5 N–H and O–H groups in total. The van der Waals surface area contributed by atoms with E-state index in [9.17, 15) is 30.3 Å². The molecule has 4 saturated carbocycles. The van der Waals surface area contributed by atoms with E-state index in [0.29, 0.717) is 45.1 Å². The van der Waals surface area contributed by atoms with Crippen molar-refractivity contribution in [3.8, 4) is 0 Å². The largest absolute Gasteiger partial charge is 0.462 e. The van der Waals surface area contributed by atoms with E-state index in [1.165, 1.54) is 6.08 Å². The molecular formula is C29H44O9. The summed E-state index contributed by atoms with van der Waals surface area (Å²) in [6.07, 6.45) is 5.90. The third-order valence-electron chi connectivity index (χ3n) is 12.4. The van der Waals surface area contributed by atoms with Crippen LogP contribution in [0.1, 0.15) is 78.1 Å². The Morgan fingerprint density at radius 3 is 2.50 bits per heavy atom. The SMILES string of the molecule is CC1OC(OC2CCC3(CO)C4CCC5(C)C6(C=CC(=O)OC6)CCC5(O)C4CCC3(O)C2)CC(O)C1O. The second-order valence-corrected chi connectivity index (χ2v) is 13.6. The maximum absolute atomic E-state index is 12.4. The smallest absolute Gasteiger partial charge is 0.330 e. The number of ether oxygens (including phenoxy) is 3. The Hall–Kier alpha value is -1.07. The number of carbonyl (C=O) groups is 1. The molecule has 6 rings (SSSR count). The lowest BCUT2D eigenvalue weighted by atomic mass is 9.40. The van der Waals surface area contributed by atoms with Gasteiger partial charge in [0.1, 0.15) is 12.7 Å². The second-order valence-electron chi connectivity index (χ2n) is 13.6. The van der Waals surface area contributed by atoms with Crippen molar-refractivity contribution in [2.24, 2.45) is 28.1 Å². The molecular weight excluding hydrogens is 492 g/mol. The number of hydrogen-bond acceptors (Lipinski definition) is 9. The summed E-state index contributed by atoms with van der Waals surface area (Å²) in [5.74, 6) is -0.419. The van der Waals surface area contributed by atoms with Crippen molar-refractivity contribution in [1.29, 1.82) is 0 Å². The minimum atomic E-state index is -1.13. The van der Waals surface area contributed by atoms with Gasteiger partial charge in [-0.1, -0.05) is 13.0 Å². The predicted molar refractivity (Wildman–Crippen MR) is 134 cm³/mol. The van der Waals surface area contributed by atoms with Gasteiger partial charge in [-0.25, -0.2) is 4.79 Å². The summed E-state index contributed by atoms with van der Waals surface area (Å²) in [6, 6.07) is 0. The third-order valence-corrected chi connectivity index (χ3v) is 12.4. The van der Waals surface area contributed by atoms with Crippen molar-refractivity contribution in [2.75, 3.05) is 13.2 Å². The zero-order valence-corrected chi connectivity index (χ0v) is 22.6. The van der Waals surface area contributed by atoms with Crippen LogP contribution in [-0.2, 0) is 19.0 Å². The Morgan fingerprint density at radius 1 is 1.05 bits per heavy atom. The highest BCUT2D eigenvalue weighted by Gasteiger charge is 2.74. The zero-order chi connectivity index (χ0) is 27.1. The molecule has 0 amide bonds. The van der Waals surface area contributed by atoms with Crippen molar-refractivity contribution in [1.82, 2.24) is 0 Å². The Labute approximate surface area is 224 Å². The minimum absolute atomic E-state index is 0.0292. The fourth-order valence-corrected chi connectivity index (χ4v) is 9.95. The zero-order valence-electron chi connectivity index (χ0n) is 22.6. The van der Waals surface area contributed by atoms with Crippen LogP contribution in [0, 0.1) is 28.1 Å². The number of hydrogen-bond donors (Lipinski definition) is 5. The molecule has 1 spiro atoms. The summed E-state index contributed by atoms with van der Waals surface area (Å²) in [4.78, 5) is 11.8. The molecule has 0 aromatic heterocycles. The fraction of sp³-hybridized carbons (Fsp3) is 0.897. The van der Waals surface area contributed by atoms with Crippen molar-refractivity contribution >= 4 is 5.97 Å². The van der Waals surface area contributed by atoms with E-state index in [1.54, 1.807) is 6.92 Å². The molecule has 12 atom stereocenters. The monoisotopic (exact) mass is 536 g/mol. The number of esters is 1. The van der Waals surface area contributed by atoms with Gasteiger partial charge in [0.15, 0.2) is 6.29 Å². The summed E-state index contributed by atoms with van der Waals surface area (Å²) in [5, 5.41) is 55.7. The third kappa shape index (κ3) is 3.52. The quantitative estimate of drug-likeness (QED) is 0.268. The van der Waals surface area contributed by atoms with Gasteiger partial charge in [-0.05, 0) is 70.1 Å². The summed E-state index contributed by atoms with van der Waals surface area (Å²) in [6.45, 7) is 4.00. The summed E-state index contributed by atoms with van der Waals surface area (Å²) >= 11 is 0. The standard InChI is InChI=1S/C29H44O9/c1-17-24(33)21(31)13-23(37-17)38-18-3-9-27(15-30)19-4-7-25(2)26(8-6-22(32)36-16-26)11-12-29(25,35)20(19)5-10-28(27,34)14-18/h6,8,17-21,23-24,30-31,33-35H,3-5,7,9-16H2,1-2H3. The van der Waals surface area contributed by atoms with E-state index in [0.717, 1.165) is 19.3 Å². The number of carbonyl (C=O) groups excluding carboxylic acids is 1. The van der Waals surface area contributed by atoms with E-state index in [2.05, 4.69) is 6.92 Å². The van der Waals surface area contributed by atoms with Crippen LogP contribution in [0.3, 0.4) is 0 Å². The second kappa shape index (κ2) is 8.96. The first kappa shape index (κ1) is 27.1. The molecule has 38 heavy (non-hydrogen) atoms. The topological polar surface area (TPSA) is 146 Å². The average molecular weight is 537 g/mol. The van der Waals surface area contributed by atoms with Crippen LogP contribution in [0.15, 0.2) is 12.2 Å². The molecule has 9 heteroatoms. The van der Waals surface area contributed by atoms with Gasteiger partial charge < -0.3 is 39.7 Å². The van der Waals surface area contributed by atoms with Crippen LogP contribution < -0.4 is 0 Å². The molecule has 0 radical (unpaired) electrons. The van der Waals surface area contributed by atoms with E-state index < -0.39 is 46.6 Å². The van der Waals surface area contributed by atoms with Crippen LogP contribution in [0.4, 0.5) is 0 Å². The molecule has 2 heterocycles. The Bertz CT molecular complexity index is 975. The first-order valence-corrected chi connectivity index (χ1v) is 14.5. The Kier molecular flexibility index (Phi) is 6.40. The lowest BCUT2D eigenvalue weighted by Crippen LogP contribution is -2.70. The molecule has 6 aliphatic rings. The number of aliphatic hydroxyl groups is 5. The normalized spacial score (nSPS) is 56.2. The minimum Gasteiger partial charge on any atom is -0.462 e. The van der Waals surface area contributed by atoms with Crippen molar-refractivity contribution < 1.29 is 44.5 Å². The summed E-state index contributed by atoms with van der Waals surface area (Å²) in [5.41, 5.74) is -3.67. The first-order chi connectivity index (χ1) is 17.9. The van der Waals surface area contributed by atoms with Gasteiger partial charge in [0, 0.05) is 35.2 Å². The van der Waals surface area contributed by atoms with Crippen LogP contribution in [-0.4, -0.2) is 86.6 Å². The Morgan fingerprint density at radius 2 is 1.82 bits per heavy atom. The molecule has 5 fully saturated rings. The molecule has 2 aliphatic heterocycles. The molecule has 1 saturated heterocycles. The van der Waals surface area contributed by atoms with Crippen LogP contribution >= 0.6 is 0 Å². The van der Waals surface area contributed by atoms with E-state index in [1.807, 2.05) is 6.08 Å². The van der Waals surface area contributed by atoms with Gasteiger partial charge in [0.05, 0.1) is 36.1 Å². The van der Waals surface area contributed by atoms with Crippen LogP contribution in [0.25, 0.3) is 0 Å². The Balaban J connectivity index is 1.23. The molecule has 0 bridgehead atoms. The van der Waals surface area contributed by atoms with Gasteiger partial charge >= 0.3 is 5.97 Å². The summed E-state index contributed by atoms with van der Waals surface area (Å²) < 4.78 is 17.5. The number of aliphatic hydroxyl groups excluding tert-OH is 3. The van der Waals surface area contributed by atoms with Gasteiger partial charge in [-0.15, -0.1) is 0 Å².